The minimum atomic E-state index is -1.38. The predicted molar refractivity (Wildman–Crippen MR) is 155 cm³/mol. The Bertz CT molecular complexity index is 1150. The van der Waals surface area contributed by atoms with Gasteiger partial charge in [-0.25, -0.2) is 0 Å². The average molecular weight is 567 g/mol. The Morgan fingerprint density at radius 3 is 1.90 bits per heavy atom. The van der Waals surface area contributed by atoms with Crippen molar-refractivity contribution in [3.63, 3.8) is 0 Å². The Morgan fingerprint density at radius 1 is 0.829 bits per heavy atom. The molecule has 0 aromatic heterocycles. The van der Waals surface area contributed by atoms with Crippen molar-refractivity contribution in [2.75, 3.05) is 19.6 Å². The molecule has 3 atom stereocenters. The van der Waals surface area contributed by atoms with E-state index in [0.29, 0.717) is 32.2 Å². The molecule has 3 amide bonds. The quantitative estimate of drug-likeness (QED) is 0.176. The first-order valence-electron chi connectivity index (χ1n) is 14.1. The van der Waals surface area contributed by atoms with E-state index in [4.69, 9.17) is 17.2 Å². The maximum Gasteiger partial charge on any atom is 0.323 e. The van der Waals surface area contributed by atoms with Gasteiger partial charge in [0.2, 0.25) is 17.7 Å². The van der Waals surface area contributed by atoms with Gasteiger partial charge in [-0.2, -0.15) is 0 Å². The first-order valence-corrected chi connectivity index (χ1v) is 14.1. The van der Waals surface area contributed by atoms with E-state index in [-0.39, 0.29) is 38.3 Å². The lowest BCUT2D eigenvalue weighted by Gasteiger charge is -2.38. The number of nitrogens with zero attached hydrogens (tertiary/aromatic N) is 1. The highest BCUT2D eigenvalue weighted by molar-refractivity contribution is 5.93. The minimum Gasteiger partial charge on any atom is -0.480 e. The topological polar surface area (TPSA) is 194 Å². The van der Waals surface area contributed by atoms with Crippen LogP contribution in [0.15, 0.2) is 60.7 Å². The predicted octanol–water partition coefficient (Wildman–Crippen LogP) is 0.302. The van der Waals surface area contributed by atoms with E-state index in [1.165, 1.54) is 0 Å². The van der Waals surface area contributed by atoms with Crippen molar-refractivity contribution in [3.05, 3.63) is 71.8 Å². The van der Waals surface area contributed by atoms with Crippen LogP contribution in [0.5, 0.6) is 0 Å². The number of carboxylic acids is 1. The molecule has 1 fully saturated rings. The number of nitrogens with two attached hydrogens (primary N) is 3. The number of hydrogen-bond acceptors (Lipinski definition) is 7. The van der Waals surface area contributed by atoms with Gasteiger partial charge in [-0.1, -0.05) is 60.7 Å². The van der Waals surface area contributed by atoms with Crippen LogP contribution in [-0.4, -0.2) is 77.0 Å². The van der Waals surface area contributed by atoms with Crippen molar-refractivity contribution in [1.29, 1.82) is 0 Å². The number of carboxylic acid groups (broad SMARTS) is 1. The summed E-state index contributed by atoms with van der Waals surface area (Å²) < 4.78 is 0. The van der Waals surface area contributed by atoms with Crippen LogP contribution in [0.25, 0.3) is 0 Å². The van der Waals surface area contributed by atoms with Crippen molar-refractivity contribution < 1.29 is 24.3 Å². The maximum absolute atomic E-state index is 13.6. The molecule has 0 aliphatic carbocycles. The van der Waals surface area contributed by atoms with Crippen LogP contribution in [0.4, 0.5) is 0 Å². The first-order chi connectivity index (χ1) is 19.6. The van der Waals surface area contributed by atoms with Gasteiger partial charge >= 0.3 is 5.97 Å². The fourth-order valence-corrected chi connectivity index (χ4v) is 4.88. The lowest BCUT2D eigenvalue weighted by molar-refractivity contribution is -0.148. The molecule has 9 N–H and O–H groups in total. The highest BCUT2D eigenvalue weighted by Crippen LogP contribution is 2.21. The second kappa shape index (κ2) is 15.3. The summed E-state index contributed by atoms with van der Waals surface area (Å²) in [5, 5.41) is 15.1. The molecular formula is C30H42N6O5. The standard InChI is InChI=1S/C30H42N6O5/c31-16-8-7-13-24(28(39)36-17-14-30(33,15-18-36)29(40)41)34-27(38)25(20-22-11-5-2-6-12-22)35-26(37)23(32)19-21-9-3-1-4-10-21/h1-6,9-12,23-25H,7-8,13-20,31-33H2,(H,34,38)(H,35,37)(H,40,41)/t23-,24-,25-/m1/s1. The van der Waals surface area contributed by atoms with E-state index >= 15 is 0 Å². The van der Waals surface area contributed by atoms with E-state index in [1.54, 1.807) is 4.90 Å². The van der Waals surface area contributed by atoms with Gasteiger partial charge in [0, 0.05) is 19.5 Å². The third-order valence-corrected chi connectivity index (χ3v) is 7.51. The third-order valence-electron chi connectivity index (χ3n) is 7.51. The van der Waals surface area contributed by atoms with Crippen molar-refractivity contribution in [2.24, 2.45) is 17.2 Å². The van der Waals surface area contributed by atoms with Crippen LogP contribution >= 0.6 is 0 Å². The van der Waals surface area contributed by atoms with Crippen LogP contribution in [0, 0.1) is 0 Å². The second-order valence-corrected chi connectivity index (χ2v) is 10.7. The van der Waals surface area contributed by atoms with Gasteiger partial charge in [0.25, 0.3) is 0 Å². The highest BCUT2D eigenvalue weighted by atomic mass is 16.4. The number of likely N-dealkylation sites (tertiary alicyclic amines) is 1. The molecule has 1 heterocycles. The number of carbonyl (C=O) groups excluding carboxylic acids is 3. The Balaban J connectivity index is 1.73. The zero-order valence-electron chi connectivity index (χ0n) is 23.3. The van der Waals surface area contributed by atoms with E-state index in [9.17, 15) is 24.3 Å². The number of unbranched alkanes of at least 4 members (excludes halogenated alkanes) is 1. The smallest absolute Gasteiger partial charge is 0.323 e. The normalized spacial score (nSPS) is 16.7. The van der Waals surface area contributed by atoms with Gasteiger partial charge in [0.05, 0.1) is 6.04 Å². The molecule has 3 rings (SSSR count). The van der Waals surface area contributed by atoms with E-state index < -0.39 is 41.4 Å². The number of amides is 3. The van der Waals surface area contributed by atoms with Crippen LogP contribution in [0.3, 0.4) is 0 Å². The first kappa shape index (κ1) is 31.7. The fourth-order valence-electron chi connectivity index (χ4n) is 4.88. The van der Waals surface area contributed by atoms with E-state index in [0.717, 1.165) is 11.1 Å². The zero-order valence-corrected chi connectivity index (χ0v) is 23.3. The molecule has 222 valence electrons. The van der Waals surface area contributed by atoms with Gasteiger partial charge in [-0.15, -0.1) is 0 Å². The fraction of sp³-hybridized carbons (Fsp3) is 0.467. The Labute approximate surface area is 240 Å². The summed E-state index contributed by atoms with van der Waals surface area (Å²) in [6, 6.07) is 15.9. The largest absolute Gasteiger partial charge is 0.480 e. The monoisotopic (exact) mass is 566 g/mol. The van der Waals surface area contributed by atoms with E-state index in [1.807, 2.05) is 60.7 Å². The minimum absolute atomic E-state index is 0.115. The molecule has 0 unspecified atom stereocenters. The lowest BCUT2D eigenvalue weighted by Crippen LogP contribution is -2.60. The molecule has 2 aromatic carbocycles. The molecule has 0 bridgehead atoms. The van der Waals surface area contributed by atoms with Gasteiger partial charge < -0.3 is 37.8 Å². The van der Waals surface area contributed by atoms with Crippen molar-refractivity contribution >= 4 is 23.7 Å². The maximum atomic E-state index is 13.6. The summed E-state index contributed by atoms with van der Waals surface area (Å²) in [5.41, 5.74) is 18.2. The molecule has 11 heteroatoms. The average Bonchev–Trinajstić information content (AvgIpc) is 2.97. The highest BCUT2D eigenvalue weighted by Gasteiger charge is 2.40. The summed E-state index contributed by atoms with van der Waals surface area (Å²) in [6.45, 7) is 0.783. The number of rotatable bonds is 14. The lowest BCUT2D eigenvalue weighted by atomic mass is 9.88. The summed E-state index contributed by atoms with van der Waals surface area (Å²) in [5.74, 6) is -2.38. The van der Waals surface area contributed by atoms with Crippen LogP contribution < -0.4 is 27.8 Å². The van der Waals surface area contributed by atoms with Crippen molar-refractivity contribution in [3.8, 4) is 0 Å². The molecular weight excluding hydrogens is 524 g/mol. The number of aliphatic carboxylic acids is 1. The third kappa shape index (κ3) is 9.38. The molecule has 1 aliphatic rings. The second-order valence-electron chi connectivity index (χ2n) is 10.7. The number of nitrogens with one attached hydrogen (secondary N) is 2. The van der Waals surface area contributed by atoms with Gasteiger partial charge in [0.15, 0.2) is 0 Å². The van der Waals surface area contributed by atoms with Gasteiger partial charge in [-0.05, 0) is 56.2 Å². The van der Waals surface area contributed by atoms with Gasteiger partial charge in [-0.3, -0.25) is 19.2 Å². The summed E-state index contributed by atoms with van der Waals surface area (Å²) in [7, 11) is 0. The summed E-state index contributed by atoms with van der Waals surface area (Å²) in [4.78, 5) is 53.3. The molecule has 2 aromatic rings. The SMILES string of the molecule is NCCCC[C@@H](NC(=O)[C@@H](Cc1ccccc1)NC(=O)[C@H](N)Cc1ccccc1)C(=O)N1CCC(N)(C(=O)O)CC1. The molecule has 11 nitrogen and oxygen atoms in total. The van der Waals surface area contributed by atoms with Crippen molar-refractivity contribution in [2.45, 2.75) is 68.6 Å². The van der Waals surface area contributed by atoms with E-state index in [2.05, 4.69) is 10.6 Å². The van der Waals surface area contributed by atoms with Gasteiger partial charge in [0.1, 0.15) is 17.6 Å². The van der Waals surface area contributed by atoms with Crippen LogP contribution in [0.1, 0.15) is 43.2 Å². The van der Waals surface area contributed by atoms with Crippen molar-refractivity contribution in [1.82, 2.24) is 15.5 Å². The summed E-state index contributed by atoms with van der Waals surface area (Å²) >= 11 is 0. The molecule has 0 spiro atoms. The molecule has 0 saturated carbocycles. The number of benzene rings is 2. The zero-order chi connectivity index (χ0) is 29.8. The number of piperidine rings is 1. The Morgan fingerprint density at radius 2 is 1.37 bits per heavy atom. The van der Waals surface area contributed by atoms with Crippen LogP contribution in [0.2, 0.25) is 0 Å². The summed E-state index contributed by atoms with van der Waals surface area (Å²) in [6.07, 6.45) is 2.37. The Hall–Kier alpha value is -3.80. The Kier molecular flexibility index (Phi) is 11.8. The molecule has 1 saturated heterocycles. The molecule has 41 heavy (non-hydrogen) atoms. The number of hydrogen-bond donors (Lipinski definition) is 6. The molecule has 0 radical (unpaired) electrons. The number of carbonyl (C=O) groups is 4. The van der Waals surface area contributed by atoms with Crippen LogP contribution in [-0.2, 0) is 32.0 Å². The molecule has 1 aliphatic heterocycles.